The number of aryl methyl sites for hydroxylation is 1. The maximum absolute atomic E-state index is 13.8. The average molecular weight is 498 g/mol. The third kappa shape index (κ3) is 5.21. The first-order valence-corrected chi connectivity index (χ1v) is 12.0. The van der Waals surface area contributed by atoms with Crippen LogP contribution in [0.25, 0.3) is 28.1 Å². The SMILES string of the molecule is COCC(CN=c1cc2n(-c3ccc(F)cc3)c3ccccc3nc-2cc1Nc1cccnc1C)OC. The molecule has 1 aromatic heterocycles. The predicted molar refractivity (Wildman–Crippen MR) is 143 cm³/mol. The summed E-state index contributed by atoms with van der Waals surface area (Å²) < 4.78 is 26.7. The molecule has 0 saturated carbocycles. The van der Waals surface area contributed by atoms with Gasteiger partial charge in [0.05, 0.1) is 64.1 Å². The fraction of sp³-hybridized carbons (Fsp3) is 0.207. The third-order valence-electron chi connectivity index (χ3n) is 6.21. The third-order valence-corrected chi connectivity index (χ3v) is 6.21. The van der Waals surface area contributed by atoms with Crippen molar-refractivity contribution in [1.29, 1.82) is 0 Å². The summed E-state index contributed by atoms with van der Waals surface area (Å²) in [6.07, 6.45) is 1.58. The van der Waals surface area contributed by atoms with Crippen LogP contribution in [0.4, 0.5) is 15.8 Å². The molecule has 188 valence electrons. The zero-order chi connectivity index (χ0) is 25.8. The minimum atomic E-state index is -0.287. The summed E-state index contributed by atoms with van der Waals surface area (Å²) in [7, 11) is 3.29. The molecule has 2 aliphatic rings. The minimum absolute atomic E-state index is 0.187. The first kappa shape index (κ1) is 24.5. The molecule has 1 aliphatic carbocycles. The van der Waals surface area contributed by atoms with Gasteiger partial charge in [0.25, 0.3) is 0 Å². The van der Waals surface area contributed by atoms with Crippen LogP contribution in [0, 0.1) is 12.7 Å². The standard InChI is InChI=1S/C29H28FN5O2/c1-19-23(8-6-14-31-19)33-26-15-27-29(16-25(26)32-17-22(37-3)18-36-2)35(21-12-10-20(30)11-13-21)28-9-5-4-7-24(28)34-27/h4-16,22,33H,17-18H2,1-3H3. The number of benzene rings is 3. The second-order valence-electron chi connectivity index (χ2n) is 8.69. The van der Waals surface area contributed by atoms with E-state index in [-0.39, 0.29) is 11.9 Å². The Labute approximate surface area is 214 Å². The van der Waals surface area contributed by atoms with E-state index in [1.165, 1.54) is 12.1 Å². The lowest BCUT2D eigenvalue weighted by Crippen LogP contribution is -2.23. The van der Waals surface area contributed by atoms with Crippen molar-refractivity contribution in [3.05, 3.63) is 95.9 Å². The van der Waals surface area contributed by atoms with Crippen molar-refractivity contribution in [3.63, 3.8) is 0 Å². The number of rotatable bonds is 8. The Kier molecular flexibility index (Phi) is 7.20. The van der Waals surface area contributed by atoms with Crippen molar-refractivity contribution in [2.75, 3.05) is 32.7 Å². The number of halogens is 1. The minimum Gasteiger partial charge on any atom is -0.382 e. The maximum Gasteiger partial charge on any atom is 0.123 e. The Hall–Kier alpha value is -4.14. The normalized spacial score (nSPS) is 12.8. The Morgan fingerprint density at radius 1 is 1.00 bits per heavy atom. The smallest absolute Gasteiger partial charge is 0.123 e. The van der Waals surface area contributed by atoms with Crippen molar-refractivity contribution in [2.45, 2.75) is 13.0 Å². The van der Waals surface area contributed by atoms with E-state index in [1.54, 1.807) is 32.5 Å². The lowest BCUT2D eigenvalue weighted by Gasteiger charge is -2.20. The Bertz CT molecular complexity index is 1570. The number of pyridine rings is 1. The van der Waals surface area contributed by atoms with Gasteiger partial charge in [-0.2, -0.15) is 0 Å². The predicted octanol–water partition coefficient (Wildman–Crippen LogP) is 5.28. The molecule has 1 atom stereocenters. The van der Waals surface area contributed by atoms with Crippen LogP contribution >= 0.6 is 0 Å². The number of para-hydroxylation sites is 2. The highest BCUT2D eigenvalue weighted by Crippen LogP contribution is 2.30. The molecule has 0 fully saturated rings. The van der Waals surface area contributed by atoms with Gasteiger partial charge in [0.2, 0.25) is 0 Å². The highest BCUT2D eigenvalue weighted by atomic mass is 19.1. The number of hydrogen-bond acceptors (Lipinski definition) is 6. The van der Waals surface area contributed by atoms with Crippen LogP contribution < -0.4 is 10.7 Å². The number of nitrogens with zero attached hydrogens (tertiary/aromatic N) is 4. The molecule has 0 radical (unpaired) electrons. The molecule has 3 aromatic rings. The molecule has 0 saturated heterocycles. The van der Waals surface area contributed by atoms with Gasteiger partial charge in [-0.25, -0.2) is 9.37 Å². The highest BCUT2D eigenvalue weighted by Gasteiger charge is 2.17. The molecular weight excluding hydrogens is 469 g/mol. The topological polar surface area (TPSA) is 73.6 Å². The van der Waals surface area contributed by atoms with E-state index >= 15 is 0 Å². The molecule has 0 bridgehead atoms. The molecule has 7 nitrogen and oxygen atoms in total. The van der Waals surface area contributed by atoms with E-state index in [0.29, 0.717) is 13.2 Å². The largest absolute Gasteiger partial charge is 0.382 e. The van der Waals surface area contributed by atoms with E-state index in [9.17, 15) is 4.39 Å². The fourth-order valence-corrected chi connectivity index (χ4v) is 4.28. The van der Waals surface area contributed by atoms with Gasteiger partial charge in [-0.05, 0) is 67.6 Å². The van der Waals surface area contributed by atoms with Gasteiger partial charge in [0.15, 0.2) is 0 Å². The Morgan fingerprint density at radius 2 is 1.81 bits per heavy atom. The second-order valence-corrected chi connectivity index (χ2v) is 8.69. The number of ether oxygens (including phenoxy) is 2. The van der Waals surface area contributed by atoms with Crippen molar-refractivity contribution in [3.8, 4) is 17.1 Å². The van der Waals surface area contributed by atoms with E-state index in [2.05, 4.69) is 14.9 Å². The van der Waals surface area contributed by atoms with Crippen LogP contribution in [0.2, 0.25) is 0 Å². The number of fused-ring (bicyclic) bond motifs is 2. The number of aromatic nitrogens is 3. The van der Waals surface area contributed by atoms with E-state index in [1.807, 2.05) is 55.5 Å². The van der Waals surface area contributed by atoms with E-state index < -0.39 is 0 Å². The molecular formula is C29H28FN5O2. The molecule has 37 heavy (non-hydrogen) atoms. The van der Waals surface area contributed by atoms with Crippen molar-refractivity contribution >= 4 is 22.4 Å². The lowest BCUT2D eigenvalue weighted by molar-refractivity contribution is 0.0340. The highest BCUT2D eigenvalue weighted by molar-refractivity contribution is 5.84. The molecule has 2 aromatic carbocycles. The zero-order valence-electron chi connectivity index (χ0n) is 21.0. The van der Waals surface area contributed by atoms with E-state index in [4.69, 9.17) is 19.5 Å². The molecule has 8 heteroatoms. The summed E-state index contributed by atoms with van der Waals surface area (Å²) >= 11 is 0. The monoisotopic (exact) mass is 497 g/mol. The second kappa shape index (κ2) is 10.9. The zero-order valence-corrected chi connectivity index (χ0v) is 21.0. The van der Waals surface area contributed by atoms with Crippen LogP contribution in [0.15, 0.2) is 84.0 Å². The average Bonchev–Trinajstić information content (AvgIpc) is 2.91. The quantitative estimate of drug-likeness (QED) is 0.295. The van der Waals surface area contributed by atoms with Gasteiger partial charge in [0, 0.05) is 26.1 Å². The summed E-state index contributed by atoms with van der Waals surface area (Å²) in [5, 5.41) is 4.23. The summed E-state index contributed by atoms with van der Waals surface area (Å²) in [6, 6.07) is 22.2. The molecule has 0 amide bonds. The van der Waals surface area contributed by atoms with E-state index in [0.717, 1.165) is 50.5 Å². The molecule has 1 N–H and O–H groups in total. The number of hydrogen-bond donors (Lipinski definition) is 1. The van der Waals surface area contributed by atoms with Gasteiger partial charge in [-0.3, -0.25) is 9.98 Å². The van der Waals surface area contributed by atoms with Crippen LogP contribution in [0.3, 0.4) is 0 Å². The molecule has 0 spiro atoms. The Balaban J connectivity index is 1.77. The number of methoxy groups -OCH3 is 2. The molecule has 2 heterocycles. The molecule has 5 rings (SSSR count). The summed E-state index contributed by atoms with van der Waals surface area (Å²) in [5.74, 6) is -0.287. The van der Waals surface area contributed by atoms with Gasteiger partial charge in [-0.1, -0.05) is 12.1 Å². The first-order valence-electron chi connectivity index (χ1n) is 12.0. The summed E-state index contributed by atoms with van der Waals surface area (Å²) in [5.41, 5.74) is 6.72. The van der Waals surface area contributed by atoms with Crippen LogP contribution in [-0.2, 0) is 9.47 Å². The molecule has 1 aliphatic heterocycles. The number of anilines is 2. The lowest BCUT2D eigenvalue weighted by atomic mass is 10.1. The van der Waals surface area contributed by atoms with Gasteiger partial charge >= 0.3 is 0 Å². The maximum atomic E-state index is 13.8. The van der Waals surface area contributed by atoms with Gasteiger partial charge in [-0.15, -0.1) is 0 Å². The molecule has 1 unspecified atom stereocenters. The Morgan fingerprint density at radius 3 is 2.57 bits per heavy atom. The summed E-state index contributed by atoms with van der Waals surface area (Å²) in [6.45, 7) is 2.79. The van der Waals surface area contributed by atoms with Gasteiger partial charge < -0.3 is 19.4 Å². The van der Waals surface area contributed by atoms with Crippen molar-refractivity contribution < 1.29 is 13.9 Å². The summed E-state index contributed by atoms with van der Waals surface area (Å²) in [4.78, 5) is 14.3. The van der Waals surface area contributed by atoms with Gasteiger partial charge in [0.1, 0.15) is 5.82 Å². The van der Waals surface area contributed by atoms with Crippen LogP contribution in [-0.4, -0.2) is 48.0 Å². The first-order chi connectivity index (χ1) is 18.1. The van der Waals surface area contributed by atoms with Crippen LogP contribution in [0.5, 0.6) is 0 Å². The van der Waals surface area contributed by atoms with Crippen LogP contribution in [0.1, 0.15) is 5.69 Å². The van der Waals surface area contributed by atoms with Crippen molar-refractivity contribution in [1.82, 2.24) is 14.5 Å². The fourth-order valence-electron chi connectivity index (χ4n) is 4.28. The van der Waals surface area contributed by atoms with Crippen molar-refractivity contribution in [2.24, 2.45) is 4.99 Å². The number of nitrogens with one attached hydrogen (secondary N) is 1.